The van der Waals surface area contributed by atoms with Crippen molar-refractivity contribution in [2.24, 2.45) is 0 Å². The molecule has 1 aromatic carbocycles. The molecule has 1 unspecified atom stereocenters. The van der Waals surface area contributed by atoms with Gasteiger partial charge >= 0.3 is 0 Å². The van der Waals surface area contributed by atoms with E-state index in [0.29, 0.717) is 6.54 Å². The van der Waals surface area contributed by atoms with Crippen LogP contribution in [0.15, 0.2) is 30.3 Å². The van der Waals surface area contributed by atoms with E-state index >= 15 is 0 Å². The molecule has 0 bridgehead atoms. The molecule has 2 N–H and O–H groups in total. The van der Waals surface area contributed by atoms with Gasteiger partial charge in [0.05, 0.1) is 6.04 Å². The number of carbonyl (C=O) groups is 1. The van der Waals surface area contributed by atoms with Crippen molar-refractivity contribution in [3.05, 3.63) is 35.9 Å². The van der Waals surface area contributed by atoms with Gasteiger partial charge in [-0.2, -0.15) is 0 Å². The van der Waals surface area contributed by atoms with Gasteiger partial charge in [-0.3, -0.25) is 10.1 Å². The predicted molar refractivity (Wildman–Crippen MR) is 85.4 cm³/mol. The molecule has 4 nitrogen and oxygen atoms in total. The van der Waals surface area contributed by atoms with Crippen LogP contribution in [0, 0.1) is 0 Å². The lowest BCUT2D eigenvalue weighted by Gasteiger charge is -2.38. The summed E-state index contributed by atoms with van der Waals surface area (Å²) in [5.74, 6) is 1.87. The lowest BCUT2D eigenvalue weighted by atomic mass is 9.74. The fourth-order valence-electron chi connectivity index (χ4n) is 3.06. The molecule has 2 fully saturated rings. The first kappa shape index (κ1) is 14.9. The van der Waals surface area contributed by atoms with Gasteiger partial charge in [0.25, 0.3) is 0 Å². The van der Waals surface area contributed by atoms with Crippen LogP contribution in [-0.4, -0.2) is 43.3 Å². The minimum Gasteiger partial charge on any atom is -0.381 e. The summed E-state index contributed by atoms with van der Waals surface area (Å²) in [6, 6.07) is 10.5. The van der Waals surface area contributed by atoms with Crippen LogP contribution in [0.5, 0.6) is 0 Å². The summed E-state index contributed by atoms with van der Waals surface area (Å²) in [5, 5.41) is 6.39. The van der Waals surface area contributed by atoms with E-state index in [1.807, 2.05) is 6.07 Å². The summed E-state index contributed by atoms with van der Waals surface area (Å²) < 4.78 is 5.52. The van der Waals surface area contributed by atoms with E-state index in [1.54, 1.807) is 11.8 Å². The highest BCUT2D eigenvalue weighted by atomic mass is 32.2. The van der Waals surface area contributed by atoms with Gasteiger partial charge < -0.3 is 10.1 Å². The van der Waals surface area contributed by atoms with Gasteiger partial charge in [-0.25, -0.2) is 0 Å². The second kappa shape index (κ2) is 6.81. The molecule has 1 amide bonds. The lowest BCUT2D eigenvalue weighted by molar-refractivity contribution is -0.122. The topological polar surface area (TPSA) is 50.4 Å². The maximum Gasteiger partial charge on any atom is 0.238 e. The summed E-state index contributed by atoms with van der Waals surface area (Å²) in [4.78, 5) is 12.2. The number of hydrogen-bond acceptors (Lipinski definition) is 4. The average Bonchev–Trinajstić information content (AvgIpc) is 3.09. The normalized spacial score (nSPS) is 24.7. The van der Waals surface area contributed by atoms with Crippen LogP contribution in [0.3, 0.4) is 0 Å². The summed E-state index contributed by atoms with van der Waals surface area (Å²) in [6.07, 6.45) is 1.92. The fourth-order valence-corrected chi connectivity index (χ4v) is 4.01. The number of hydrogen-bond donors (Lipinski definition) is 2. The van der Waals surface area contributed by atoms with Crippen LogP contribution >= 0.6 is 11.8 Å². The molecule has 2 aliphatic heterocycles. The summed E-state index contributed by atoms with van der Waals surface area (Å²) in [7, 11) is 0. The van der Waals surface area contributed by atoms with Gasteiger partial charge in [0, 0.05) is 36.8 Å². The number of nitrogens with one attached hydrogen (secondary N) is 2. The second-order valence-electron chi connectivity index (χ2n) is 5.75. The Balaban J connectivity index is 1.69. The van der Waals surface area contributed by atoms with Crippen molar-refractivity contribution >= 4 is 17.7 Å². The van der Waals surface area contributed by atoms with Gasteiger partial charge in [0.1, 0.15) is 0 Å². The van der Waals surface area contributed by atoms with Crippen molar-refractivity contribution in [2.75, 3.05) is 31.4 Å². The Kier molecular flexibility index (Phi) is 4.83. The van der Waals surface area contributed by atoms with Crippen molar-refractivity contribution in [3.63, 3.8) is 0 Å². The van der Waals surface area contributed by atoms with Crippen molar-refractivity contribution in [1.82, 2.24) is 10.6 Å². The third-order valence-electron chi connectivity index (χ3n) is 4.47. The smallest absolute Gasteiger partial charge is 0.238 e. The zero-order chi connectivity index (χ0) is 14.5. The monoisotopic (exact) mass is 306 g/mol. The summed E-state index contributed by atoms with van der Waals surface area (Å²) in [5.41, 5.74) is 1.32. The van der Waals surface area contributed by atoms with E-state index in [-0.39, 0.29) is 17.4 Å². The number of amides is 1. The highest BCUT2D eigenvalue weighted by molar-refractivity contribution is 7.99. The van der Waals surface area contributed by atoms with E-state index in [0.717, 1.165) is 37.7 Å². The van der Waals surface area contributed by atoms with Gasteiger partial charge in [-0.05, 0) is 18.4 Å². The van der Waals surface area contributed by atoms with Crippen LogP contribution in [0.1, 0.15) is 18.4 Å². The Morgan fingerprint density at radius 1 is 1.33 bits per heavy atom. The molecular formula is C16H22N2O2S. The van der Waals surface area contributed by atoms with Gasteiger partial charge in [0.2, 0.25) is 5.91 Å². The van der Waals surface area contributed by atoms with Gasteiger partial charge in [-0.1, -0.05) is 30.3 Å². The molecule has 5 heteroatoms. The minimum absolute atomic E-state index is 0.0148. The standard InChI is InChI=1S/C16H22N2O2S/c19-15(14-10-21-12-18-14)17-11-16(6-8-20-9-7-16)13-4-2-1-3-5-13/h1-5,14,18H,6-12H2,(H,17,19). The van der Waals surface area contributed by atoms with Crippen LogP contribution in [0.4, 0.5) is 0 Å². The Hall–Kier alpha value is -1.04. The van der Waals surface area contributed by atoms with Crippen LogP contribution in [0.25, 0.3) is 0 Å². The number of carbonyl (C=O) groups excluding carboxylic acids is 1. The highest BCUT2D eigenvalue weighted by Crippen LogP contribution is 2.34. The van der Waals surface area contributed by atoms with Crippen molar-refractivity contribution in [3.8, 4) is 0 Å². The van der Waals surface area contributed by atoms with Crippen molar-refractivity contribution in [1.29, 1.82) is 0 Å². The van der Waals surface area contributed by atoms with E-state index in [4.69, 9.17) is 4.74 Å². The largest absolute Gasteiger partial charge is 0.381 e. The number of rotatable bonds is 4. The van der Waals surface area contributed by atoms with Crippen molar-refractivity contribution < 1.29 is 9.53 Å². The second-order valence-corrected chi connectivity index (χ2v) is 6.78. The quantitative estimate of drug-likeness (QED) is 0.885. The SMILES string of the molecule is O=C(NCC1(c2ccccc2)CCOCC1)C1CSCN1. The fraction of sp³-hybridized carbons (Fsp3) is 0.562. The molecule has 114 valence electrons. The van der Waals surface area contributed by atoms with E-state index in [1.165, 1.54) is 5.56 Å². The Morgan fingerprint density at radius 3 is 2.76 bits per heavy atom. The maximum absolute atomic E-state index is 12.2. The predicted octanol–water partition coefficient (Wildman–Crippen LogP) is 1.51. The first-order valence-electron chi connectivity index (χ1n) is 7.52. The molecule has 2 saturated heterocycles. The molecular weight excluding hydrogens is 284 g/mol. The molecule has 0 saturated carbocycles. The van der Waals surface area contributed by atoms with Crippen molar-refractivity contribution in [2.45, 2.75) is 24.3 Å². The number of thioether (sulfide) groups is 1. The first-order valence-corrected chi connectivity index (χ1v) is 8.68. The van der Waals surface area contributed by atoms with Crippen LogP contribution < -0.4 is 10.6 Å². The molecule has 0 aromatic heterocycles. The molecule has 3 rings (SSSR count). The maximum atomic E-state index is 12.2. The Bertz CT molecular complexity index is 468. The lowest BCUT2D eigenvalue weighted by Crippen LogP contribution is -2.49. The third kappa shape index (κ3) is 3.42. The molecule has 2 aliphatic rings. The molecule has 1 atom stereocenters. The van der Waals surface area contributed by atoms with Crippen LogP contribution in [-0.2, 0) is 14.9 Å². The molecule has 0 aliphatic carbocycles. The highest BCUT2D eigenvalue weighted by Gasteiger charge is 2.35. The summed E-state index contributed by atoms with van der Waals surface area (Å²) >= 11 is 1.78. The number of ether oxygens (including phenoxy) is 1. The van der Waals surface area contributed by atoms with E-state index in [2.05, 4.69) is 34.9 Å². The molecule has 0 spiro atoms. The van der Waals surface area contributed by atoms with Gasteiger partial charge in [-0.15, -0.1) is 11.8 Å². The third-order valence-corrected chi connectivity index (χ3v) is 5.41. The zero-order valence-corrected chi connectivity index (χ0v) is 13.0. The van der Waals surface area contributed by atoms with Gasteiger partial charge in [0.15, 0.2) is 0 Å². The molecule has 1 aromatic rings. The summed E-state index contributed by atoms with van der Waals surface area (Å²) in [6.45, 7) is 2.23. The average molecular weight is 306 g/mol. The van der Waals surface area contributed by atoms with E-state index < -0.39 is 0 Å². The molecule has 0 radical (unpaired) electrons. The van der Waals surface area contributed by atoms with E-state index in [9.17, 15) is 4.79 Å². The Morgan fingerprint density at radius 2 is 2.10 bits per heavy atom. The van der Waals surface area contributed by atoms with Crippen LogP contribution in [0.2, 0.25) is 0 Å². The minimum atomic E-state index is -0.0392. The molecule has 2 heterocycles. The Labute approximate surface area is 130 Å². The molecule has 21 heavy (non-hydrogen) atoms. The number of benzene rings is 1. The zero-order valence-electron chi connectivity index (χ0n) is 12.1. The first-order chi connectivity index (χ1) is 10.3.